The second-order valence-electron chi connectivity index (χ2n) is 4.17. The van der Waals surface area contributed by atoms with Gasteiger partial charge in [-0.15, -0.1) is 0 Å². The number of aromatic amines is 1. The predicted molar refractivity (Wildman–Crippen MR) is 63.0 cm³/mol. The molecule has 0 amide bonds. The number of aromatic nitrogens is 2. The summed E-state index contributed by atoms with van der Waals surface area (Å²) in [6, 6.07) is 4.25. The number of rotatable bonds is 4. The number of hydrogen-bond donors (Lipinski definition) is 2. The van der Waals surface area contributed by atoms with E-state index in [1.807, 2.05) is 19.1 Å². The SMILES string of the molecule is Cc1[nH]c(CNC(C)C)nc1-c1ccco1. The Morgan fingerprint density at radius 3 is 2.94 bits per heavy atom. The molecule has 2 aromatic heterocycles. The van der Waals surface area contributed by atoms with E-state index in [-0.39, 0.29) is 0 Å². The molecular weight excluding hydrogens is 202 g/mol. The van der Waals surface area contributed by atoms with E-state index in [4.69, 9.17) is 4.42 Å². The second-order valence-corrected chi connectivity index (χ2v) is 4.17. The van der Waals surface area contributed by atoms with E-state index >= 15 is 0 Å². The zero-order chi connectivity index (χ0) is 11.5. The Balaban J connectivity index is 2.16. The molecule has 0 aliphatic carbocycles. The third-order valence-electron chi connectivity index (χ3n) is 2.37. The lowest BCUT2D eigenvalue weighted by Gasteiger charge is -2.04. The fraction of sp³-hybridized carbons (Fsp3) is 0.417. The van der Waals surface area contributed by atoms with Crippen LogP contribution in [0.1, 0.15) is 25.4 Å². The van der Waals surface area contributed by atoms with Gasteiger partial charge in [-0.05, 0) is 19.1 Å². The first-order valence-corrected chi connectivity index (χ1v) is 5.49. The van der Waals surface area contributed by atoms with Gasteiger partial charge in [0.25, 0.3) is 0 Å². The van der Waals surface area contributed by atoms with Crippen LogP contribution in [0.4, 0.5) is 0 Å². The summed E-state index contributed by atoms with van der Waals surface area (Å²) in [6.07, 6.45) is 1.66. The molecule has 2 aromatic rings. The summed E-state index contributed by atoms with van der Waals surface area (Å²) in [5.74, 6) is 1.75. The highest BCUT2D eigenvalue weighted by Crippen LogP contribution is 2.21. The maximum Gasteiger partial charge on any atom is 0.154 e. The highest BCUT2D eigenvalue weighted by atomic mass is 16.3. The minimum atomic E-state index is 0.456. The van der Waals surface area contributed by atoms with E-state index in [9.17, 15) is 0 Å². The smallest absolute Gasteiger partial charge is 0.154 e. The van der Waals surface area contributed by atoms with Crippen molar-refractivity contribution in [3.63, 3.8) is 0 Å². The molecule has 0 radical (unpaired) electrons. The number of aryl methyl sites for hydroxylation is 1. The van der Waals surface area contributed by atoms with Crippen LogP contribution in [0.5, 0.6) is 0 Å². The summed E-state index contributed by atoms with van der Waals surface area (Å²) in [5.41, 5.74) is 1.93. The van der Waals surface area contributed by atoms with Gasteiger partial charge in [-0.2, -0.15) is 0 Å². The number of H-pyrrole nitrogens is 1. The van der Waals surface area contributed by atoms with E-state index in [0.717, 1.165) is 29.5 Å². The molecule has 2 heterocycles. The third kappa shape index (κ3) is 2.33. The van der Waals surface area contributed by atoms with E-state index in [2.05, 4.69) is 29.1 Å². The van der Waals surface area contributed by atoms with Crippen molar-refractivity contribution in [3.05, 3.63) is 29.9 Å². The van der Waals surface area contributed by atoms with E-state index in [1.165, 1.54) is 0 Å². The number of nitrogens with zero attached hydrogens (tertiary/aromatic N) is 1. The first-order valence-electron chi connectivity index (χ1n) is 5.49. The first kappa shape index (κ1) is 11.0. The molecule has 0 saturated carbocycles. The van der Waals surface area contributed by atoms with Crippen LogP contribution in [0.3, 0.4) is 0 Å². The topological polar surface area (TPSA) is 53.9 Å². The molecule has 4 nitrogen and oxygen atoms in total. The van der Waals surface area contributed by atoms with Gasteiger partial charge in [-0.3, -0.25) is 0 Å². The van der Waals surface area contributed by atoms with Crippen LogP contribution in [0.2, 0.25) is 0 Å². The van der Waals surface area contributed by atoms with Crippen LogP contribution >= 0.6 is 0 Å². The van der Waals surface area contributed by atoms with Crippen molar-refractivity contribution in [2.45, 2.75) is 33.4 Å². The molecule has 2 rings (SSSR count). The van der Waals surface area contributed by atoms with Crippen LogP contribution in [0.15, 0.2) is 22.8 Å². The van der Waals surface area contributed by atoms with Gasteiger partial charge in [-0.1, -0.05) is 13.8 Å². The molecule has 2 N–H and O–H groups in total. The van der Waals surface area contributed by atoms with Gasteiger partial charge in [0.15, 0.2) is 5.76 Å². The average molecular weight is 219 g/mol. The fourth-order valence-electron chi connectivity index (χ4n) is 1.56. The van der Waals surface area contributed by atoms with Gasteiger partial charge in [0, 0.05) is 11.7 Å². The Morgan fingerprint density at radius 1 is 1.50 bits per heavy atom. The Labute approximate surface area is 95.1 Å². The molecule has 4 heteroatoms. The molecule has 0 unspecified atom stereocenters. The summed E-state index contributed by atoms with van der Waals surface area (Å²) < 4.78 is 5.34. The van der Waals surface area contributed by atoms with Crippen LogP contribution in [0, 0.1) is 6.92 Å². The van der Waals surface area contributed by atoms with Gasteiger partial charge in [0.2, 0.25) is 0 Å². The summed E-state index contributed by atoms with van der Waals surface area (Å²) in [6.45, 7) is 6.98. The van der Waals surface area contributed by atoms with E-state index in [0.29, 0.717) is 6.04 Å². The molecule has 0 bridgehead atoms. The number of furan rings is 1. The van der Waals surface area contributed by atoms with Crippen molar-refractivity contribution in [3.8, 4) is 11.5 Å². The van der Waals surface area contributed by atoms with Gasteiger partial charge in [-0.25, -0.2) is 4.98 Å². The normalized spacial score (nSPS) is 11.2. The maximum absolute atomic E-state index is 5.34. The Hall–Kier alpha value is -1.55. The number of hydrogen-bond acceptors (Lipinski definition) is 3. The largest absolute Gasteiger partial charge is 0.463 e. The third-order valence-corrected chi connectivity index (χ3v) is 2.37. The highest BCUT2D eigenvalue weighted by Gasteiger charge is 2.10. The van der Waals surface area contributed by atoms with Gasteiger partial charge < -0.3 is 14.7 Å². The van der Waals surface area contributed by atoms with Gasteiger partial charge in [0.1, 0.15) is 11.5 Å². The molecule has 0 aromatic carbocycles. The monoisotopic (exact) mass is 219 g/mol. The predicted octanol–water partition coefficient (Wildman–Crippen LogP) is 2.48. The molecule has 0 aliphatic heterocycles. The highest BCUT2D eigenvalue weighted by molar-refractivity contribution is 5.55. The summed E-state index contributed by atoms with van der Waals surface area (Å²) >= 11 is 0. The van der Waals surface area contributed by atoms with Crippen molar-refractivity contribution in [2.24, 2.45) is 0 Å². The van der Waals surface area contributed by atoms with Gasteiger partial charge in [0.05, 0.1) is 12.8 Å². The summed E-state index contributed by atoms with van der Waals surface area (Å²) in [7, 11) is 0. The number of imidazole rings is 1. The Bertz CT molecular complexity index is 443. The quantitative estimate of drug-likeness (QED) is 0.830. The fourth-order valence-corrected chi connectivity index (χ4v) is 1.56. The van der Waals surface area contributed by atoms with Crippen LogP contribution in [-0.2, 0) is 6.54 Å². The molecule has 0 aliphatic rings. The average Bonchev–Trinajstić information content (AvgIpc) is 2.83. The van der Waals surface area contributed by atoms with Crippen molar-refractivity contribution >= 4 is 0 Å². The maximum atomic E-state index is 5.34. The van der Waals surface area contributed by atoms with Gasteiger partial charge >= 0.3 is 0 Å². The lowest BCUT2D eigenvalue weighted by atomic mass is 10.3. The lowest BCUT2D eigenvalue weighted by molar-refractivity contribution is 0.572. The van der Waals surface area contributed by atoms with Crippen molar-refractivity contribution in [1.82, 2.24) is 15.3 Å². The Kier molecular flexibility index (Phi) is 3.10. The summed E-state index contributed by atoms with van der Waals surface area (Å²) in [5, 5.41) is 3.32. The molecule has 0 fully saturated rings. The van der Waals surface area contributed by atoms with Crippen LogP contribution in [0.25, 0.3) is 11.5 Å². The molecular formula is C12H17N3O. The lowest BCUT2D eigenvalue weighted by Crippen LogP contribution is -2.22. The van der Waals surface area contributed by atoms with Crippen LogP contribution in [-0.4, -0.2) is 16.0 Å². The van der Waals surface area contributed by atoms with E-state index < -0.39 is 0 Å². The standard InChI is InChI=1S/C12H17N3O/c1-8(2)13-7-11-14-9(3)12(15-11)10-5-4-6-16-10/h4-6,8,13H,7H2,1-3H3,(H,14,15). The minimum absolute atomic E-state index is 0.456. The first-order chi connectivity index (χ1) is 7.66. The van der Waals surface area contributed by atoms with Crippen LogP contribution < -0.4 is 5.32 Å². The Morgan fingerprint density at radius 2 is 2.31 bits per heavy atom. The molecule has 0 saturated heterocycles. The minimum Gasteiger partial charge on any atom is -0.463 e. The van der Waals surface area contributed by atoms with E-state index in [1.54, 1.807) is 6.26 Å². The molecule has 16 heavy (non-hydrogen) atoms. The molecule has 0 atom stereocenters. The second kappa shape index (κ2) is 4.53. The zero-order valence-electron chi connectivity index (χ0n) is 9.87. The zero-order valence-corrected chi connectivity index (χ0v) is 9.87. The van der Waals surface area contributed by atoms with Crippen molar-refractivity contribution in [1.29, 1.82) is 0 Å². The number of nitrogens with one attached hydrogen (secondary N) is 2. The molecule has 0 spiro atoms. The van der Waals surface area contributed by atoms with Crippen molar-refractivity contribution < 1.29 is 4.42 Å². The van der Waals surface area contributed by atoms with Crippen molar-refractivity contribution in [2.75, 3.05) is 0 Å². The summed E-state index contributed by atoms with van der Waals surface area (Å²) in [4.78, 5) is 7.77. The molecule has 86 valence electrons.